The Morgan fingerprint density at radius 3 is 2.52 bits per heavy atom. The molecule has 0 unspecified atom stereocenters. The third kappa shape index (κ3) is 4.95. The average Bonchev–Trinajstić information content (AvgIpc) is 2.82. The van der Waals surface area contributed by atoms with Crippen molar-refractivity contribution in [2.24, 2.45) is 24.6 Å². The van der Waals surface area contributed by atoms with Crippen LogP contribution in [0.5, 0.6) is 0 Å². The summed E-state index contributed by atoms with van der Waals surface area (Å²) in [6.07, 6.45) is 1.90. The number of nitrogens with zero attached hydrogens (tertiary/aromatic N) is 4. The summed E-state index contributed by atoms with van der Waals surface area (Å²) in [7, 11) is 1.84. The number of carbonyl (C=O) groups excluding carboxylic acids is 2. The first-order valence-corrected chi connectivity index (χ1v) is 8.92. The number of primary amides is 1. The lowest BCUT2D eigenvalue weighted by atomic mass is 9.92. The van der Waals surface area contributed by atoms with Crippen LogP contribution in [0.15, 0.2) is 5.16 Å². The van der Waals surface area contributed by atoms with Crippen LogP contribution < -0.4 is 5.73 Å². The SMILES string of the molecule is C[C@@H]1C[C@H](C)CN(C(=O)CSc2nnc(CCC(N)=O)n2C)C1. The number of amides is 2. The number of thioether (sulfide) groups is 1. The molecule has 0 aromatic carbocycles. The third-order valence-corrected chi connectivity index (χ3v) is 5.07. The fourth-order valence-electron chi connectivity index (χ4n) is 3.01. The Morgan fingerprint density at radius 2 is 1.91 bits per heavy atom. The molecule has 2 rings (SSSR count). The van der Waals surface area contributed by atoms with Gasteiger partial charge in [0.2, 0.25) is 11.8 Å². The Labute approximate surface area is 141 Å². The van der Waals surface area contributed by atoms with Gasteiger partial charge in [-0.2, -0.15) is 0 Å². The molecule has 8 heteroatoms. The second kappa shape index (κ2) is 7.81. The molecule has 1 aliphatic heterocycles. The predicted octanol–water partition coefficient (Wildman–Crippen LogP) is 0.830. The zero-order valence-electron chi connectivity index (χ0n) is 14.0. The summed E-state index contributed by atoms with van der Waals surface area (Å²) < 4.78 is 1.82. The quantitative estimate of drug-likeness (QED) is 0.775. The van der Waals surface area contributed by atoms with Gasteiger partial charge in [-0.05, 0) is 18.3 Å². The van der Waals surface area contributed by atoms with E-state index in [-0.39, 0.29) is 18.2 Å². The molecule has 7 nitrogen and oxygen atoms in total. The van der Waals surface area contributed by atoms with Crippen LogP contribution >= 0.6 is 11.8 Å². The number of hydrogen-bond donors (Lipinski definition) is 1. The van der Waals surface area contributed by atoms with Crippen molar-refractivity contribution < 1.29 is 9.59 Å². The monoisotopic (exact) mass is 339 g/mol. The molecule has 0 bridgehead atoms. The largest absolute Gasteiger partial charge is 0.370 e. The van der Waals surface area contributed by atoms with Gasteiger partial charge in [-0.15, -0.1) is 10.2 Å². The van der Waals surface area contributed by atoms with E-state index < -0.39 is 0 Å². The number of likely N-dealkylation sites (tertiary alicyclic amines) is 1. The number of rotatable bonds is 6. The zero-order valence-corrected chi connectivity index (χ0v) is 14.8. The highest BCUT2D eigenvalue weighted by Crippen LogP contribution is 2.23. The minimum atomic E-state index is -0.356. The van der Waals surface area contributed by atoms with E-state index in [9.17, 15) is 9.59 Å². The minimum Gasteiger partial charge on any atom is -0.370 e. The first-order chi connectivity index (χ1) is 10.9. The Bertz CT molecular complexity index is 564. The van der Waals surface area contributed by atoms with E-state index in [1.165, 1.54) is 18.2 Å². The maximum atomic E-state index is 12.4. The van der Waals surface area contributed by atoms with Crippen LogP contribution in [-0.4, -0.2) is 50.3 Å². The van der Waals surface area contributed by atoms with Crippen molar-refractivity contribution >= 4 is 23.6 Å². The van der Waals surface area contributed by atoms with Crippen molar-refractivity contribution in [3.63, 3.8) is 0 Å². The number of nitrogens with two attached hydrogens (primary N) is 1. The molecular formula is C15H25N5O2S. The van der Waals surface area contributed by atoms with Gasteiger partial charge in [-0.1, -0.05) is 25.6 Å². The van der Waals surface area contributed by atoms with Gasteiger partial charge in [-0.3, -0.25) is 9.59 Å². The summed E-state index contributed by atoms with van der Waals surface area (Å²) in [5.74, 6) is 1.98. The second-order valence-corrected chi connectivity index (χ2v) is 7.40. The molecule has 1 saturated heterocycles. The molecule has 0 radical (unpaired) electrons. The first kappa shape index (κ1) is 17.8. The van der Waals surface area contributed by atoms with Crippen LogP contribution in [0.2, 0.25) is 0 Å². The molecule has 2 heterocycles. The number of piperidine rings is 1. The number of hydrogen-bond acceptors (Lipinski definition) is 5. The van der Waals surface area contributed by atoms with Crippen LogP contribution in [0, 0.1) is 11.8 Å². The lowest BCUT2D eigenvalue weighted by Gasteiger charge is -2.34. The van der Waals surface area contributed by atoms with Crippen molar-refractivity contribution in [2.45, 2.75) is 38.3 Å². The molecule has 1 aliphatic rings. The van der Waals surface area contributed by atoms with Crippen LogP contribution in [0.1, 0.15) is 32.5 Å². The van der Waals surface area contributed by atoms with Crippen LogP contribution in [0.4, 0.5) is 0 Å². The Kier molecular flexibility index (Phi) is 6.04. The van der Waals surface area contributed by atoms with Gasteiger partial charge in [0.15, 0.2) is 5.16 Å². The summed E-state index contributed by atoms with van der Waals surface area (Å²) in [5, 5.41) is 8.85. The molecule has 1 aromatic heterocycles. The second-order valence-electron chi connectivity index (χ2n) is 6.46. The van der Waals surface area contributed by atoms with Gasteiger partial charge in [-0.25, -0.2) is 0 Å². The zero-order chi connectivity index (χ0) is 17.0. The van der Waals surface area contributed by atoms with Gasteiger partial charge in [0.1, 0.15) is 5.82 Å². The van der Waals surface area contributed by atoms with E-state index in [1.54, 1.807) is 0 Å². The maximum Gasteiger partial charge on any atom is 0.233 e. The van der Waals surface area contributed by atoms with E-state index in [0.29, 0.717) is 35.0 Å². The highest BCUT2D eigenvalue weighted by Gasteiger charge is 2.25. The number of carbonyl (C=O) groups is 2. The number of aromatic nitrogens is 3. The van der Waals surface area contributed by atoms with E-state index in [0.717, 1.165) is 13.1 Å². The van der Waals surface area contributed by atoms with Gasteiger partial charge in [0, 0.05) is 33.0 Å². The molecular weight excluding hydrogens is 314 g/mol. The third-order valence-electron chi connectivity index (χ3n) is 4.07. The van der Waals surface area contributed by atoms with Crippen molar-refractivity contribution in [3.05, 3.63) is 5.82 Å². The van der Waals surface area contributed by atoms with E-state index in [2.05, 4.69) is 24.0 Å². The lowest BCUT2D eigenvalue weighted by Crippen LogP contribution is -2.43. The Morgan fingerprint density at radius 1 is 1.26 bits per heavy atom. The van der Waals surface area contributed by atoms with Crippen molar-refractivity contribution in [1.29, 1.82) is 0 Å². The fourth-order valence-corrected chi connectivity index (χ4v) is 3.84. The molecule has 0 spiro atoms. The highest BCUT2D eigenvalue weighted by molar-refractivity contribution is 7.99. The van der Waals surface area contributed by atoms with Gasteiger partial charge < -0.3 is 15.2 Å². The summed E-state index contributed by atoms with van der Waals surface area (Å²) in [5.41, 5.74) is 5.15. The average molecular weight is 339 g/mol. The molecule has 1 fully saturated rings. The Balaban J connectivity index is 1.88. The van der Waals surface area contributed by atoms with E-state index in [1.807, 2.05) is 16.5 Å². The predicted molar refractivity (Wildman–Crippen MR) is 88.8 cm³/mol. The molecule has 1 aromatic rings. The number of aryl methyl sites for hydroxylation is 1. The summed E-state index contributed by atoms with van der Waals surface area (Å²) in [4.78, 5) is 25.2. The fraction of sp³-hybridized carbons (Fsp3) is 0.733. The summed E-state index contributed by atoms with van der Waals surface area (Å²) in [6.45, 7) is 6.06. The smallest absolute Gasteiger partial charge is 0.233 e. The lowest BCUT2D eigenvalue weighted by molar-refractivity contribution is -0.131. The van der Waals surface area contributed by atoms with Gasteiger partial charge >= 0.3 is 0 Å². The van der Waals surface area contributed by atoms with Crippen molar-refractivity contribution in [3.8, 4) is 0 Å². The van der Waals surface area contributed by atoms with Crippen LogP contribution in [-0.2, 0) is 23.1 Å². The van der Waals surface area contributed by atoms with Crippen molar-refractivity contribution in [1.82, 2.24) is 19.7 Å². The van der Waals surface area contributed by atoms with E-state index in [4.69, 9.17) is 5.73 Å². The summed E-state index contributed by atoms with van der Waals surface area (Å²) in [6, 6.07) is 0. The van der Waals surface area contributed by atoms with Crippen LogP contribution in [0.3, 0.4) is 0 Å². The molecule has 2 atom stereocenters. The van der Waals surface area contributed by atoms with Gasteiger partial charge in [0.25, 0.3) is 0 Å². The molecule has 128 valence electrons. The topological polar surface area (TPSA) is 94.1 Å². The standard InChI is InChI=1S/C15H25N5O2S/c1-10-6-11(2)8-20(7-10)14(22)9-23-15-18-17-13(19(15)3)5-4-12(16)21/h10-11H,4-9H2,1-3H3,(H2,16,21)/t10-,11+. The van der Waals surface area contributed by atoms with Gasteiger partial charge in [0.05, 0.1) is 5.75 Å². The minimum absolute atomic E-state index is 0.148. The first-order valence-electron chi connectivity index (χ1n) is 7.94. The Hall–Kier alpha value is -1.57. The maximum absolute atomic E-state index is 12.4. The molecule has 2 N–H and O–H groups in total. The molecule has 0 saturated carbocycles. The normalized spacial score (nSPS) is 21.4. The molecule has 2 amide bonds. The van der Waals surface area contributed by atoms with E-state index >= 15 is 0 Å². The summed E-state index contributed by atoms with van der Waals surface area (Å²) >= 11 is 1.39. The molecule has 23 heavy (non-hydrogen) atoms. The van der Waals surface area contributed by atoms with Crippen LogP contribution in [0.25, 0.3) is 0 Å². The highest BCUT2D eigenvalue weighted by atomic mass is 32.2. The van der Waals surface area contributed by atoms with Crippen molar-refractivity contribution in [2.75, 3.05) is 18.8 Å². The molecule has 0 aliphatic carbocycles.